The zero-order chi connectivity index (χ0) is 17.6. The van der Waals surface area contributed by atoms with E-state index in [2.05, 4.69) is 0 Å². The first-order chi connectivity index (χ1) is 11.4. The van der Waals surface area contributed by atoms with Gasteiger partial charge in [0.1, 0.15) is 0 Å². The number of benzene rings is 2. The minimum Gasteiger partial charge on any atom is -0.308 e. The van der Waals surface area contributed by atoms with Crippen molar-refractivity contribution in [2.45, 2.75) is 5.75 Å². The summed E-state index contributed by atoms with van der Waals surface area (Å²) in [4.78, 5) is 1.95. The molecule has 0 bridgehead atoms. The van der Waals surface area contributed by atoms with Gasteiger partial charge in [-0.2, -0.15) is 5.26 Å². The van der Waals surface area contributed by atoms with Crippen LogP contribution in [0.4, 0.5) is 5.69 Å². The lowest BCUT2D eigenvalue weighted by atomic mass is 10.2. The molecule has 126 valence electrons. The van der Waals surface area contributed by atoms with E-state index in [1.807, 2.05) is 43.3 Å². The molecule has 0 saturated heterocycles. The van der Waals surface area contributed by atoms with Crippen LogP contribution in [0.3, 0.4) is 0 Å². The molecule has 0 fully saturated rings. The van der Waals surface area contributed by atoms with Crippen LogP contribution < -0.4 is 4.31 Å². The second kappa shape index (κ2) is 7.95. The minimum atomic E-state index is -3.55. The van der Waals surface area contributed by atoms with Crippen molar-refractivity contribution in [3.63, 3.8) is 0 Å². The third-order valence-corrected chi connectivity index (χ3v) is 5.30. The maximum atomic E-state index is 12.9. The van der Waals surface area contributed by atoms with E-state index >= 15 is 0 Å². The van der Waals surface area contributed by atoms with E-state index in [0.29, 0.717) is 29.9 Å². The fourth-order valence-corrected chi connectivity index (χ4v) is 3.89. The Kier molecular flexibility index (Phi) is 5.96. The molecule has 0 amide bonds. The summed E-state index contributed by atoms with van der Waals surface area (Å²) in [6.45, 7) is 0.990. The molecule has 0 unspecified atom stereocenters. The first-order valence-corrected chi connectivity index (χ1v) is 9.22. The van der Waals surface area contributed by atoms with E-state index in [4.69, 9.17) is 5.26 Å². The molecule has 2 aromatic rings. The summed E-state index contributed by atoms with van der Waals surface area (Å²) >= 11 is 0. The van der Waals surface area contributed by atoms with Crippen molar-refractivity contribution in [1.82, 2.24) is 4.90 Å². The number of sulfonamides is 1. The van der Waals surface area contributed by atoms with Crippen molar-refractivity contribution in [1.29, 1.82) is 5.26 Å². The molecule has 0 N–H and O–H groups in total. The van der Waals surface area contributed by atoms with Gasteiger partial charge in [0, 0.05) is 13.1 Å². The lowest BCUT2D eigenvalue weighted by Crippen LogP contribution is -2.37. The predicted octanol–water partition coefficient (Wildman–Crippen LogP) is 2.46. The maximum absolute atomic E-state index is 12.9. The van der Waals surface area contributed by atoms with Crippen molar-refractivity contribution in [2.75, 3.05) is 31.5 Å². The standard InChI is InChI=1S/C18H21N3O2S/c1-20(2)11-12-21(18-9-4-3-5-10-18)24(22,23)15-17-8-6-7-16(13-17)14-19/h3-10,13H,11-12,15H2,1-2H3. The van der Waals surface area contributed by atoms with Gasteiger partial charge in [0.05, 0.1) is 23.1 Å². The third kappa shape index (κ3) is 4.82. The van der Waals surface area contributed by atoms with Crippen molar-refractivity contribution < 1.29 is 8.42 Å². The SMILES string of the molecule is CN(C)CCN(c1ccccc1)S(=O)(=O)Cc1cccc(C#N)c1. The first-order valence-electron chi connectivity index (χ1n) is 7.61. The Labute approximate surface area is 143 Å². The van der Waals surface area contributed by atoms with Crippen molar-refractivity contribution >= 4 is 15.7 Å². The van der Waals surface area contributed by atoms with E-state index < -0.39 is 10.0 Å². The van der Waals surface area contributed by atoms with E-state index in [0.717, 1.165) is 0 Å². The monoisotopic (exact) mass is 343 g/mol. The zero-order valence-corrected chi connectivity index (χ0v) is 14.7. The number of nitrogens with zero attached hydrogens (tertiary/aromatic N) is 3. The van der Waals surface area contributed by atoms with E-state index in [1.165, 1.54) is 4.31 Å². The average Bonchev–Trinajstić information content (AvgIpc) is 2.55. The van der Waals surface area contributed by atoms with Crippen molar-refractivity contribution in [3.05, 3.63) is 65.7 Å². The molecule has 2 rings (SSSR count). The number of rotatable bonds is 7. The van der Waals surface area contributed by atoms with Crippen LogP contribution in [0.2, 0.25) is 0 Å². The molecule has 5 nitrogen and oxygen atoms in total. The number of nitriles is 1. The molecule has 0 aliphatic rings. The molecule has 6 heteroatoms. The molecule has 0 heterocycles. The summed E-state index contributed by atoms with van der Waals surface area (Å²) in [5.41, 5.74) is 1.72. The van der Waals surface area contributed by atoms with Crippen LogP contribution in [0.5, 0.6) is 0 Å². The van der Waals surface area contributed by atoms with Gasteiger partial charge in [0.15, 0.2) is 0 Å². The zero-order valence-electron chi connectivity index (χ0n) is 13.9. The summed E-state index contributed by atoms with van der Waals surface area (Å²) in [6.07, 6.45) is 0. The Morgan fingerprint density at radius 2 is 1.71 bits per heavy atom. The van der Waals surface area contributed by atoms with Gasteiger partial charge in [-0.05, 0) is 43.9 Å². The van der Waals surface area contributed by atoms with Gasteiger partial charge in [-0.25, -0.2) is 8.42 Å². The quantitative estimate of drug-likeness (QED) is 0.775. The van der Waals surface area contributed by atoms with Crippen LogP contribution in [-0.4, -0.2) is 40.5 Å². The highest BCUT2D eigenvalue weighted by Gasteiger charge is 2.23. The number of anilines is 1. The second-order valence-electron chi connectivity index (χ2n) is 5.78. The first kappa shape index (κ1) is 18.0. The van der Waals surface area contributed by atoms with Crippen LogP contribution >= 0.6 is 0 Å². The summed E-state index contributed by atoms with van der Waals surface area (Å²) in [7, 11) is 0.266. The highest BCUT2D eigenvalue weighted by molar-refractivity contribution is 7.92. The van der Waals surface area contributed by atoms with Crippen LogP contribution in [0, 0.1) is 11.3 Å². The van der Waals surface area contributed by atoms with Crippen LogP contribution in [-0.2, 0) is 15.8 Å². The average molecular weight is 343 g/mol. The van der Waals surface area contributed by atoms with Crippen molar-refractivity contribution in [3.8, 4) is 6.07 Å². The van der Waals surface area contributed by atoms with Gasteiger partial charge >= 0.3 is 0 Å². The smallest absolute Gasteiger partial charge is 0.239 e. The van der Waals surface area contributed by atoms with Gasteiger partial charge in [0.2, 0.25) is 10.0 Å². The van der Waals surface area contributed by atoms with Crippen LogP contribution in [0.25, 0.3) is 0 Å². The second-order valence-corrected chi connectivity index (χ2v) is 7.67. The largest absolute Gasteiger partial charge is 0.308 e. The Morgan fingerprint density at radius 1 is 1.00 bits per heavy atom. The van der Waals surface area contributed by atoms with Crippen LogP contribution in [0.1, 0.15) is 11.1 Å². The Morgan fingerprint density at radius 3 is 2.33 bits per heavy atom. The fourth-order valence-electron chi connectivity index (χ4n) is 2.33. The third-order valence-electron chi connectivity index (χ3n) is 3.54. The molecule has 0 spiro atoms. The van der Waals surface area contributed by atoms with E-state index in [9.17, 15) is 8.42 Å². The lowest BCUT2D eigenvalue weighted by Gasteiger charge is -2.26. The topological polar surface area (TPSA) is 64.4 Å². The maximum Gasteiger partial charge on any atom is 0.239 e. The fraction of sp³-hybridized carbons (Fsp3) is 0.278. The normalized spacial score (nSPS) is 11.2. The molecule has 0 aromatic heterocycles. The number of likely N-dealkylation sites (N-methyl/N-ethyl adjacent to an activating group) is 1. The number of hydrogen-bond acceptors (Lipinski definition) is 4. The Balaban J connectivity index is 2.31. The molecule has 0 radical (unpaired) electrons. The van der Waals surface area contributed by atoms with Crippen molar-refractivity contribution in [2.24, 2.45) is 0 Å². The Hall–Kier alpha value is -2.36. The highest BCUT2D eigenvalue weighted by atomic mass is 32.2. The molecule has 24 heavy (non-hydrogen) atoms. The molecule has 0 atom stereocenters. The highest BCUT2D eigenvalue weighted by Crippen LogP contribution is 2.20. The molecular formula is C18H21N3O2S. The van der Waals surface area contributed by atoms with Gasteiger partial charge in [-0.15, -0.1) is 0 Å². The van der Waals surface area contributed by atoms with E-state index in [-0.39, 0.29) is 5.75 Å². The Bertz CT molecular complexity index is 812. The molecule has 0 aliphatic carbocycles. The molecule has 0 aliphatic heterocycles. The number of para-hydroxylation sites is 1. The summed E-state index contributed by atoms with van der Waals surface area (Å²) < 4.78 is 27.3. The minimum absolute atomic E-state index is 0.134. The molecule has 2 aromatic carbocycles. The number of hydrogen-bond donors (Lipinski definition) is 0. The van der Waals surface area contributed by atoms with Crippen LogP contribution in [0.15, 0.2) is 54.6 Å². The molecular weight excluding hydrogens is 322 g/mol. The van der Waals surface area contributed by atoms with E-state index in [1.54, 1.807) is 36.4 Å². The predicted molar refractivity (Wildman–Crippen MR) is 96.1 cm³/mol. The summed E-state index contributed by atoms with van der Waals surface area (Å²) in [6, 6.07) is 17.8. The van der Waals surface area contributed by atoms with Gasteiger partial charge in [0.25, 0.3) is 0 Å². The lowest BCUT2D eigenvalue weighted by molar-refractivity contribution is 0.419. The summed E-state index contributed by atoms with van der Waals surface area (Å²) in [5, 5.41) is 8.98. The van der Waals surface area contributed by atoms with Gasteiger partial charge < -0.3 is 4.90 Å². The summed E-state index contributed by atoms with van der Waals surface area (Å²) in [5.74, 6) is -0.134. The molecule has 0 saturated carbocycles. The van der Waals surface area contributed by atoms with Gasteiger partial charge in [-0.3, -0.25) is 4.31 Å². The van der Waals surface area contributed by atoms with Gasteiger partial charge in [-0.1, -0.05) is 30.3 Å².